The molecule has 4 aromatic rings. The molecule has 0 radical (unpaired) electrons. The number of pyridine rings is 2. The number of para-hydroxylation sites is 1. The summed E-state index contributed by atoms with van der Waals surface area (Å²) in [5.41, 5.74) is 2.48. The Hall–Kier alpha value is -3.19. The van der Waals surface area contributed by atoms with Crippen LogP contribution in [0.15, 0.2) is 67.0 Å². The van der Waals surface area contributed by atoms with Crippen molar-refractivity contribution in [3.63, 3.8) is 0 Å². The second-order valence-electron chi connectivity index (χ2n) is 6.68. The predicted octanol–water partition coefficient (Wildman–Crippen LogP) is 6.05. The number of fused-ring (bicyclic) bond motifs is 1. The molecule has 1 N–H and O–H groups in total. The first kappa shape index (κ1) is 22.0. The van der Waals surface area contributed by atoms with Crippen LogP contribution in [0.4, 0.5) is 5.69 Å². The molecule has 0 spiro atoms. The molecule has 6 nitrogen and oxygen atoms in total. The topological polar surface area (TPSA) is 81.2 Å². The van der Waals surface area contributed by atoms with Gasteiger partial charge in [0.15, 0.2) is 6.61 Å². The van der Waals surface area contributed by atoms with Gasteiger partial charge in [0.1, 0.15) is 0 Å². The molecule has 4 rings (SSSR count). The number of carbonyl (C=O) groups is 2. The lowest BCUT2D eigenvalue weighted by atomic mass is 10.1. The summed E-state index contributed by atoms with van der Waals surface area (Å²) < 4.78 is 5.26. The zero-order chi connectivity index (χ0) is 22.7. The smallest absolute Gasteiger partial charge is 0.339 e. The van der Waals surface area contributed by atoms with Crippen LogP contribution in [-0.4, -0.2) is 28.5 Å². The van der Waals surface area contributed by atoms with Crippen molar-refractivity contribution < 1.29 is 14.3 Å². The standard InChI is InChI=1S/C23H14Cl3N3O3/c24-16-9-18(26)21(10-17(16)25)29-22(30)12-32-23(31)15-8-20(13-4-3-7-27-11-13)28-19-6-2-1-5-14(15)19/h1-11H,12H2,(H,29,30). The summed E-state index contributed by atoms with van der Waals surface area (Å²) in [6.45, 7) is -0.520. The molecule has 2 aromatic carbocycles. The van der Waals surface area contributed by atoms with Crippen molar-refractivity contribution in [1.29, 1.82) is 0 Å². The van der Waals surface area contributed by atoms with E-state index < -0.39 is 18.5 Å². The van der Waals surface area contributed by atoms with Crippen LogP contribution >= 0.6 is 34.8 Å². The maximum absolute atomic E-state index is 12.9. The summed E-state index contributed by atoms with van der Waals surface area (Å²) >= 11 is 17.9. The third-order valence-corrected chi connectivity index (χ3v) is 5.55. The Morgan fingerprint density at radius 3 is 2.50 bits per heavy atom. The van der Waals surface area contributed by atoms with Crippen molar-refractivity contribution in [2.24, 2.45) is 0 Å². The number of carbonyl (C=O) groups excluding carboxylic acids is 2. The highest BCUT2D eigenvalue weighted by Gasteiger charge is 2.17. The van der Waals surface area contributed by atoms with E-state index in [-0.39, 0.29) is 26.3 Å². The monoisotopic (exact) mass is 485 g/mol. The van der Waals surface area contributed by atoms with Gasteiger partial charge in [0.05, 0.1) is 37.5 Å². The van der Waals surface area contributed by atoms with Gasteiger partial charge in [0, 0.05) is 23.3 Å². The van der Waals surface area contributed by atoms with Gasteiger partial charge in [0.2, 0.25) is 0 Å². The molecule has 160 valence electrons. The fourth-order valence-electron chi connectivity index (χ4n) is 3.02. The molecule has 32 heavy (non-hydrogen) atoms. The molecule has 0 bridgehead atoms. The number of nitrogens with one attached hydrogen (secondary N) is 1. The molecule has 0 fully saturated rings. The van der Waals surface area contributed by atoms with Gasteiger partial charge in [-0.1, -0.05) is 53.0 Å². The van der Waals surface area contributed by atoms with E-state index in [2.05, 4.69) is 15.3 Å². The fourth-order valence-corrected chi connectivity index (χ4v) is 3.61. The minimum absolute atomic E-state index is 0.209. The molecule has 0 unspecified atom stereocenters. The molecule has 1 amide bonds. The second-order valence-corrected chi connectivity index (χ2v) is 7.91. The number of anilines is 1. The lowest BCUT2D eigenvalue weighted by molar-refractivity contribution is -0.119. The van der Waals surface area contributed by atoms with Gasteiger partial charge in [-0.3, -0.25) is 9.78 Å². The zero-order valence-electron chi connectivity index (χ0n) is 16.3. The maximum atomic E-state index is 12.9. The van der Waals surface area contributed by atoms with Gasteiger partial charge in [-0.25, -0.2) is 9.78 Å². The number of halogens is 3. The minimum atomic E-state index is -0.663. The first-order valence-electron chi connectivity index (χ1n) is 9.34. The van der Waals surface area contributed by atoms with Crippen molar-refractivity contribution in [1.82, 2.24) is 9.97 Å². The van der Waals surface area contributed by atoms with Crippen LogP contribution in [0.2, 0.25) is 15.1 Å². The summed E-state index contributed by atoms with van der Waals surface area (Å²) in [6.07, 6.45) is 3.30. The van der Waals surface area contributed by atoms with Gasteiger partial charge >= 0.3 is 5.97 Å². The third-order valence-electron chi connectivity index (χ3n) is 4.51. The molecule has 9 heteroatoms. The van der Waals surface area contributed by atoms with Crippen LogP contribution in [0, 0.1) is 0 Å². The Morgan fingerprint density at radius 1 is 0.938 bits per heavy atom. The summed E-state index contributed by atoms with van der Waals surface area (Å²) in [6, 6.07) is 15.3. The Kier molecular flexibility index (Phi) is 6.55. The molecule has 0 saturated heterocycles. The average molecular weight is 487 g/mol. The van der Waals surface area contributed by atoms with Crippen LogP contribution < -0.4 is 5.32 Å². The van der Waals surface area contributed by atoms with Crippen LogP contribution in [0.1, 0.15) is 10.4 Å². The quantitative estimate of drug-likeness (QED) is 0.274. The van der Waals surface area contributed by atoms with Crippen molar-refractivity contribution in [2.45, 2.75) is 0 Å². The van der Waals surface area contributed by atoms with Gasteiger partial charge in [-0.15, -0.1) is 0 Å². The molecule has 0 aliphatic heterocycles. The number of amides is 1. The van der Waals surface area contributed by atoms with Crippen molar-refractivity contribution in [3.05, 3.63) is 87.6 Å². The lowest BCUT2D eigenvalue weighted by Gasteiger charge is -2.11. The van der Waals surface area contributed by atoms with E-state index in [9.17, 15) is 9.59 Å². The molecule has 0 atom stereocenters. The minimum Gasteiger partial charge on any atom is -0.452 e. The summed E-state index contributed by atoms with van der Waals surface area (Å²) in [4.78, 5) is 33.9. The molecule has 0 saturated carbocycles. The number of nitrogens with zero attached hydrogens (tertiary/aromatic N) is 2. The predicted molar refractivity (Wildman–Crippen MR) is 125 cm³/mol. The van der Waals surface area contributed by atoms with E-state index in [1.54, 1.807) is 42.7 Å². The Balaban J connectivity index is 1.55. The van der Waals surface area contributed by atoms with E-state index in [1.165, 1.54) is 12.1 Å². The van der Waals surface area contributed by atoms with Gasteiger partial charge in [-0.05, 0) is 36.4 Å². The van der Waals surface area contributed by atoms with E-state index in [4.69, 9.17) is 39.5 Å². The number of hydrogen-bond acceptors (Lipinski definition) is 5. The van der Waals surface area contributed by atoms with Crippen LogP contribution in [0.3, 0.4) is 0 Å². The van der Waals surface area contributed by atoms with E-state index in [0.29, 0.717) is 16.6 Å². The third kappa shape index (κ3) is 4.83. The van der Waals surface area contributed by atoms with Crippen LogP contribution in [0.25, 0.3) is 22.2 Å². The zero-order valence-corrected chi connectivity index (χ0v) is 18.6. The molecule has 0 aliphatic carbocycles. The number of rotatable bonds is 5. The van der Waals surface area contributed by atoms with Crippen molar-refractivity contribution >= 4 is 63.3 Å². The number of benzene rings is 2. The first-order chi connectivity index (χ1) is 15.4. The van der Waals surface area contributed by atoms with E-state index in [0.717, 1.165) is 5.56 Å². The number of hydrogen-bond donors (Lipinski definition) is 1. The maximum Gasteiger partial charge on any atom is 0.339 e. The Bertz CT molecular complexity index is 1330. The summed E-state index contributed by atoms with van der Waals surface area (Å²) in [5.74, 6) is -1.24. The van der Waals surface area contributed by atoms with Gasteiger partial charge in [-0.2, -0.15) is 0 Å². The summed E-state index contributed by atoms with van der Waals surface area (Å²) in [7, 11) is 0. The second kappa shape index (κ2) is 9.53. The highest BCUT2D eigenvalue weighted by molar-refractivity contribution is 6.44. The van der Waals surface area contributed by atoms with Crippen molar-refractivity contribution in [3.8, 4) is 11.3 Å². The fraction of sp³-hybridized carbons (Fsp3) is 0.0435. The largest absolute Gasteiger partial charge is 0.452 e. The normalized spacial score (nSPS) is 10.7. The average Bonchev–Trinajstić information content (AvgIpc) is 2.81. The molecule has 2 heterocycles. The Labute approximate surface area is 198 Å². The van der Waals surface area contributed by atoms with Crippen LogP contribution in [0.5, 0.6) is 0 Å². The first-order valence-corrected chi connectivity index (χ1v) is 10.5. The highest BCUT2D eigenvalue weighted by Crippen LogP contribution is 2.32. The highest BCUT2D eigenvalue weighted by atomic mass is 35.5. The SMILES string of the molecule is O=C(COC(=O)c1cc(-c2cccnc2)nc2ccccc12)Nc1cc(Cl)c(Cl)cc1Cl. The Morgan fingerprint density at radius 2 is 1.72 bits per heavy atom. The number of esters is 1. The molecule has 2 aromatic heterocycles. The number of ether oxygens (including phenoxy) is 1. The lowest BCUT2D eigenvalue weighted by Crippen LogP contribution is -2.21. The van der Waals surface area contributed by atoms with Gasteiger partial charge in [0.25, 0.3) is 5.91 Å². The van der Waals surface area contributed by atoms with E-state index >= 15 is 0 Å². The van der Waals surface area contributed by atoms with Crippen LogP contribution in [-0.2, 0) is 9.53 Å². The van der Waals surface area contributed by atoms with Crippen molar-refractivity contribution in [2.75, 3.05) is 11.9 Å². The molecular formula is C23H14Cl3N3O3. The van der Waals surface area contributed by atoms with Gasteiger partial charge < -0.3 is 10.1 Å². The summed E-state index contributed by atoms with van der Waals surface area (Å²) in [5, 5.41) is 3.86. The van der Waals surface area contributed by atoms with E-state index in [1.807, 2.05) is 12.1 Å². The molecular weight excluding hydrogens is 473 g/mol. The number of aromatic nitrogens is 2. The molecule has 0 aliphatic rings.